The van der Waals surface area contributed by atoms with E-state index in [0.717, 1.165) is 23.9 Å². The first-order valence-electron chi connectivity index (χ1n) is 8.95. The van der Waals surface area contributed by atoms with Crippen LogP contribution in [0.4, 0.5) is 15.9 Å². The highest BCUT2D eigenvalue weighted by molar-refractivity contribution is 6.31. The molecule has 4 rings (SSSR count). The van der Waals surface area contributed by atoms with Crippen molar-refractivity contribution in [2.24, 2.45) is 5.73 Å². The number of hydrogen-bond donors (Lipinski definition) is 3. The predicted octanol–water partition coefficient (Wildman–Crippen LogP) is 3.44. The first kappa shape index (κ1) is 18.2. The Bertz CT molecular complexity index is 968. The van der Waals surface area contributed by atoms with E-state index in [2.05, 4.69) is 15.4 Å². The third-order valence-corrected chi connectivity index (χ3v) is 5.49. The summed E-state index contributed by atoms with van der Waals surface area (Å²) < 4.78 is 15.1. The molecule has 1 aliphatic rings. The van der Waals surface area contributed by atoms with Gasteiger partial charge >= 0.3 is 0 Å². The molecule has 0 saturated heterocycles. The van der Waals surface area contributed by atoms with Gasteiger partial charge in [-0.05, 0) is 55.5 Å². The van der Waals surface area contributed by atoms with Gasteiger partial charge in [-0.3, -0.25) is 0 Å². The van der Waals surface area contributed by atoms with Gasteiger partial charge in [0.25, 0.3) is 0 Å². The lowest BCUT2D eigenvalue weighted by atomic mass is 9.79. The molecule has 0 aliphatic heterocycles. The molecule has 0 amide bonds. The van der Waals surface area contributed by atoms with Gasteiger partial charge in [-0.25, -0.2) is 13.9 Å². The lowest BCUT2D eigenvalue weighted by Crippen LogP contribution is -2.40. The normalized spacial score (nSPS) is 22.9. The fraction of sp³-hybridized carbons (Fsp3) is 0.368. The average Bonchev–Trinajstić information content (AvgIpc) is 3.05. The quantitative estimate of drug-likeness (QED) is 0.636. The van der Waals surface area contributed by atoms with Crippen molar-refractivity contribution in [2.45, 2.75) is 43.7 Å². The van der Waals surface area contributed by atoms with Gasteiger partial charge in [0.2, 0.25) is 0 Å². The summed E-state index contributed by atoms with van der Waals surface area (Å²) in [6, 6.07) is 6.52. The standard InChI is InChI=1S/C19H21ClFN5O/c20-15-9-14(1-2-16(15)21)25-18-17-12(5-8-26(17)24-11-23-18)10-19(27)6-3-13(22)4-7-19/h1-2,5,8-9,11,13,27H,3-4,6-7,10,22H2,(H,23,24,25). The molecule has 3 aromatic rings. The summed E-state index contributed by atoms with van der Waals surface area (Å²) in [5.74, 6) is 0.0972. The SMILES string of the molecule is NC1CCC(O)(Cc2ccn3ncnc(Nc4ccc(F)c(Cl)c4)c23)CC1. The third kappa shape index (κ3) is 3.76. The van der Waals surface area contributed by atoms with Crippen LogP contribution in [0.2, 0.25) is 5.02 Å². The summed E-state index contributed by atoms with van der Waals surface area (Å²) in [6.45, 7) is 0. The van der Waals surface area contributed by atoms with Crippen molar-refractivity contribution in [1.82, 2.24) is 14.6 Å². The van der Waals surface area contributed by atoms with E-state index in [-0.39, 0.29) is 11.1 Å². The van der Waals surface area contributed by atoms with E-state index in [0.29, 0.717) is 30.8 Å². The predicted molar refractivity (Wildman–Crippen MR) is 103 cm³/mol. The van der Waals surface area contributed by atoms with Gasteiger partial charge in [-0.2, -0.15) is 5.10 Å². The van der Waals surface area contributed by atoms with Crippen LogP contribution in [0, 0.1) is 5.82 Å². The van der Waals surface area contributed by atoms with Crippen molar-refractivity contribution in [3.8, 4) is 0 Å². The summed E-state index contributed by atoms with van der Waals surface area (Å²) in [5, 5.41) is 18.4. The minimum Gasteiger partial charge on any atom is -0.390 e. The minimum atomic E-state index is -0.774. The molecule has 0 radical (unpaired) electrons. The molecule has 4 N–H and O–H groups in total. The van der Waals surface area contributed by atoms with Crippen LogP contribution in [-0.2, 0) is 6.42 Å². The molecule has 0 atom stereocenters. The highest BCUT2D eigenvalue weighted by Gasteiger charge is 2.33. The average molecular weight is 390 g/mol. The number of aromatic nitrogens is 3. The number of rotatable bonds is 4. The Labute approximate surface area is 161 Å². The van der Waals surface area contributed by atoms with Crippen LogP contribution in [-0.4, -0.2) is 31.3 Å². The monoisotopic (exact) mass is 389 g/mol. The van der Waals surface area contributed by atoms with Crippen molar-refractivity contribution in [1.29, 1.82) is 0 Å². The van der Waals surface area contributed by atoms with E-state index in [1.807, 2.05) is 12.3 Å². The molecule has 27 heavy (non-hydrogen) atoms. The fourth-order valence-electron chi connectivity index (χ4n) is 3.67. The van der Waals surface area contributed by atoms with E-state index in [4.69, 9.17) is 17.3 Å². The molecule has 8 heteroatoms. The van der Waals surface area contributed by atoms with Crippen molar-refractivity contribution in [3.05, 3.63) is 53.2 Å². The van der Waals surface area contributed by atoms with Crippen LogP contribution >= 0.6 is 11.6 Å². The molecular formula is C19H21ClFN5O. The number of halogens is 2. The van der Waals surface area contributed by atoms with Crippen LogP contribution < -0.4 is 11.1 Å². The Kier molecular flexibility index (Phi) is 4.75. The summed E-state index contributed by atoms with van der Waals surface area (Å²) in [6.07, 6.45) is 6.77. The molecule has 0 unspecified atom stereocenters. The molecule has 1 aliphatic carbocycles. The zero-order valence-corrected chi connectivity index (χ0v) is 15.5. The van der Waals surface area contributed by atoms with Gasteiger partial charge < -0.3 is 16.2 Å². The van der Waals surface area contributed by atoms with Crippen molar-refractivity contribution in [3.63, 3.8) is 0 Å². The topological polar surface area (TPSA) is 88.5 Å². The number of nitrogens with two attached hydrogens (primary N) is 1. The van der Waals surface area contributed by atoms with E-state index in [1.54, 1.807) is 10.6 Å². The first-order valence-corrected chi connectivity index (χ1v) is 9.33. The lowest BCUT2D eigenvalue weighted by molar-refractivity contribution is 0.000495. The van der Waals surface area contributed by atoms with Gasteiger partial charge in [-0.1, -0.05) is 11.6 Å². The molecule has 2 heterocycles. The van der Waals surface area contributed by atoms with Crippen LogP contribution in [0.25, 0.3) is 5.52 Å². The summed E-state index contributed by atoms with van der Waals surface area (Å²) >= 11 is 5.87. The molecule has 1 saturated carbocycles. The first-order chi connectivity index (χ1) is 12.9. The van der Waals surface area contributed by atoms with Crippen molar-refractivity contribution < 1.29 is 9.50 Å². The van der Waals surface area contributed by atoms with Crippen molar-refractivity contribution >= 4 is 28.6 Å². The Hall–Kier alpha value is -2.22. The minimum absolute atomic E-state index is 0.0357. The Morgan fingerprint density at radius 3 is 2.85 bits per heavy atom. The number of nitrogens with one attached hydrogen (secondary N) is 1. The number of aliphatic hydroxyl groups is 1. The second-order valence-corrected chi connectivity index (χ2v) is 7.64. The Balaban J connectivity index is 1.66. The summed E-state index contributed by atoms with van der Waals surface area (Å²) in [5.41, 5.74) is 7.55. The van der Waals surface area contributed by atoms with Crippen LogP contribution in [0.3, 0.4) is 0 Å². The maximum atomic E-state index is 13.4. The molecule has 2 aromatic heterocycles. The summed E-state index contributed by atoms with van der Waals surface area (Å²) in [4.78, 5) is 4.33. The Morgan fingerprint density at radius 1 is 1.33 bits per heavy atom. The smallest absolute Gasteiger partial charge is 0.158 e. The second-order valence-electron chi connectivity index (χ2n) is 7.24. The van der Waals surface area contributed by atoms with Gasteiger partial charge in [0, 0.05) is 24.3 Å². The van der Waals surface area contributed by atoms with Gasteiger partial charge in [0.05, 0.1) is 10.6 Å². The van der Waals surface area contributed by atoms with E-state index in [1.165, 1.54) is 18.5 Å². The molecule has 0 spiro atoms. The largest absolute Gasteiger partial charge is 0.390 e. The zero-order valence-electron chi connectivity index (χ0n) is 14.7. The second kappa shape index (κ2) is 7.07. The number of hydrogen-bond acceptors (Lipinski definition) is 5. The molecule has 142 valence electrons. The van der Waals surface area contributed by atoms with E-state index < -0.39 is 11.4 Å². The molecule has 0 bridgehead atoms. The van der Waals surface area contributed by atoms with E-state index in [9.17, 15) is 9.50 Å². The molecule has 1 aromatic carbocycles. The molecule has 6 nitrogen and oxygen atoms in total. The number of benzene rings is 1. The lowest BCUT2D eigenvalue weighted by Gasteiger charge is -2.34. The Morgan fingerprint density at radius 2 is 2.11 bits per heavy atom. The van der Waals surface area contributed by atoms with Gasteiger partial charge in [0.15, 0.2) is 5.82 Å². The van der Waals surface area contributed by atoms with Gasteiger partial charge in [-0.15, -0.1) is 0 Å². The number of nitrogens with zero attached hydrogens (tertiary/aromatic N) is 3. The maximum absolute atomic E-state index is 13.4. The number of anilines is 2. The summed E-state index contributed by atoms with van der Waals surface area (Å²) in [7, 11) is 0. The van der Waals surface area contributed by atoms with E-state index >= 15 is 0 Å². The maximum Gasteiger partial charge on any atom is 0.158 e. The highest BCUT2D eigenvalue weighted by atomic mass is 35.5. The van der Waals surface area contributed by atoms with Gasteiger partial charge in [0.1, 0.15) is 17.7 Å². The third-order valence-electron chi connectivity index (χ3n) is 5.20. The fourth-order valence-corrected chi connectivity index (χ4v) is 3.85. The van der Waals surface area contributed by atoms with Crippen LogP contribution in [0.1, 0.15) is 31.2 Å². The van der Waals surface area contributed by atoms with Crippen LogP contribution in [0.5, 0.6) is 0 Å². The van der Waals surface area contributed by atoms with Crippen LogP contribution in [0.15, 0.2) is 36.8 Å². The number of fused-ring (bicyclic) bond motifs is 1. The zero-order chi connectivity index (χ0) is 19.0. The molecule has 1 fully saturated rings. The molecular weight excluding hydrogens is 369 g/mol. The highest BCUT2D eigenvalue weighted by Crippen LogP contribution is 2.33. The van der Waals surface area contributed by atoms with Crippen molar-refractivity contribution in [2.75, 3.05) is 5.32 Å².